The number of carbonyl (C=O) groups excluding carboxylic acids is 1. The molecule has 4 heteroatoms. The molecule has 1 aromatic heterocycles. The van der Waals surface area contributed by atoms with E-state index in [9.17, 15) is 4.79 Å². The van der Waals surface area contributed by atoms with Crippen LogP contribution in [0.4, 0.5) is 0 Å². The van der Waals surface area contributed by atoms with Crippen molar-refractivity contribution in [1.29, 1.82) is 0 Å². The first-order valence-electron chi connectivity index (χ1n) is 7.51. The number of hydrogen-bond acceptors (Lipinski definition) is 3. The number of morpholine rings is 1. The Morgan fingerprint density at radius 1 is 1.27 bits per heavy atom. The lowest BCUT2D eigenvalue weighted by Crippen LogP contribution is -2.56. The molecule has 1 saturated heterocycles. The van der Waals surface area contributed by atoms with Gasteiger partial charge in [-0.05, 0) is 37.8 Å². The number of thiophene rings is 1. The summed E-state index contributed by atoms with van der Waals surface area (Å²) in [6.45, 7) is 7.32. The number of benzene rings is 1. The minimum Gasteiger partial charge on any atom is -0.369 e. The molecule has 22 heavy (non-hydrogen) atoms. The highest BCUT2D eigenvalue weighted by atomic mass is 32.1. The van der Waals surface area contributed by atoms with Gasteiger partial charge in [0.05, 0.1) is 23.6 Å². The molecule has 0 aliphatic carbocycles. The van der Waals surface area contributed by atoms with Gasteiger partial charge in [0, 0.05) is 0 Å². The molecule has 0 bridgehead atoms. The van der Waals surface area contributed by atoms with Crippen molar-refractivity contribution in [1.82, 2.24) is 4.90 Å². The van der Waals surface area contributed by atoms with Crippen LogP contribution in [0.1, 0.15) is 40.8 Å². The molecule has 1 fully saturated rings. The zero-order valence-electron chi connectivity index (χ0n) is 13.2. The van der Waals surface area contributed by atoms with Gasteiger partial charge < -0.3 is 9.64 Å². The fraction of sp³-hybridized carbons (Fsp3) is 0.389. The summed E-state index contributed by atoms with van der Waals surface area (Å²) in [4.78, 5) is 15.5. The minimum absolute atomic E-state index is 0.0578. The summed E-state index contributed by atoms with van der Waals surface area (Å²) in [6, 6.07) is 12.2. The third-order valence-electron chi connectivity index (χ3n) is 4.14. The van der Waals surface area contributed by atoms with Crippen molar-refractivity contribution in [2.24, 2.45) is 0 Å². The Hall–Kier alpha value is -1.65. The number of aryl methyl sites for hydroxylation is 1. The molecule has 116 valence electrons. The van der Waals surface area contributed by atoms with E-state index in [0.717, 1.165) is 10.4 Å². The van der Waals surface area contributed by atoms with Gasteiger partial charge in [-0.1, -0.05) is 35.9 Å². The molecule has 1 aromatic carbocycles. The third-order valence-corrected chi connectivity index (χ3v) is 5.00. The molecule has 0 N–H and O–H groups in total. The highest BCUT2D eigenvalue weighted by Gasteiger charge is 2.39. The lowest BCUT2D eigenvalue weighted by Gasteiger charge is -2.45. The quantitative estimate of drug-likeness (QED) is 0.837. The summed E-state index contributed by atoms with van der Waals surface area (Å²) in [5, 5.41) is 1.94. The molecule has 1 atom stereocenters. The van der Waals surface area contributed by atoms with Crippen LogP contribution in [0, 0.1) is 6.92 Å². The molecule has 0 spiro atoms. The van der Waals surface area contributed by atoms with Crippen LogP contribution in [0.2, 0.25) is 0 Å². The number of rotatable bonds is 2. The molecule has 0 radical (unpaired) electrons. The largest absolute Gasteiger partial charge is 0.369 e. The fourth-order valence-electron chi connectivity index (χ4n) is 2.72. The van der Waals surface area contributed by atoms with Gasteiger partial charge >= 0.3 is 0 Å². The highest BCUT2D eigenvalue weighted by Crippen LogP contribution is 2.32. The maximum Gasteiger partial charge on any atom is 0.264 e. The fourth-order valence-corrected chi connectivity index (χ4v) is 3.39. The summed E-state index contributed by atoms with van der Waals surface area (Å²) in [5.41, 5.74) is 2.07. The average molecular weight is 315 g/mol. The Kier molecular flexibility index (Phi) is 4.06. The number of nitrogens with zero attached hydrogens (tertiary/aromatic N) is 1. The standard InChI is InChI=1S/C18H21NO2S/c1-13-6-8-14(9-7-13)15-11-19(18(2,3)12-21-15)17(20)16-5-4-10-22-16/h4-10,15H,11-12H2,1-3H3. The van der Waals surface area contributed by atoms with Crippen LogP contribution >= 0.6 is 11.3 Å². The Balaban J connectivity index is 1.84. The van der Waals surface area contributed by atoms with E-state index in [4.69, 9.17) is 4.74 Å². The number of amides is 1. The first-order valence-corrected chi connectivity index (χ1v) is 8.39. The van der Waals surface area contributed by atoms with Gasteiger partial charge in [-0.25, -0.2) is 0 Å². The Bertz CT molecular complexity index is 646. The number of ether oxygens (including phenoxy) is 1. The first-order chi connectivity index (χ1) is 10.5. The normalized spacial score (nSPS) is 20.9. The second-order valence-electron chi connectivity index (χ2n) is 6.42. The van der Waals surface area contributed by atoms with Crippen LogP contribution in [0.3, 0.4) is 0 Å². The predicted octanol–water partition coefficient (Wildman–Crippen LogP) is 4.05. The lowest BCUT2D eigenvalue weighted by atomic mass is 9.97. The molecule has 1 aliphatic heterocycles. The van der Waals surface area contributed by atoms with Crippen LogP contribution in [-0.4, -0.2) is 29.5 Å². The second-order valence-corrected chi connectivity index (χ2v) is 7.36. The van der Waals surface area contributed by atoms with Crippen molar-refractivity contribution < 1.29 is 9.53 Å². The van der Waals surface area contributed by atoms with Crippen LogP contribution in [0.25, 0.3) is 0 Å². The maximum atomic E-state index is 12.8. The van der Waals surface area contributed by atoms with E-state index in [1.165, 1.54) is 16.9 Å². The predicted molar refractivity (Wildman–Crippen MR) is 89.3 cm³/mol. The molecule has 3 nitrogen and oxygen atoms in total. The maximum absolute atomic E-state index is 12.8. The van der Waals surface area contributed by atoms with Gasteiger partial charge in [0.1, 0.15) is 6.10 Å². The lowest BCUT2D eigenvalue weighted by molar-refractivity contribution is -0.0845. The summed E-state index contributed by atoms with van der Waals surface area (Å²) < 4.78 is 6.03. The molecule has 0 saturated carbocycles. The molecule has 3 rings (SSSR count). The van der Waals surface area contributed by atoms with E-state index in [-0.39, 0.29) is 17.6 Å². The topological polar surface area (TPSA) is 29.5 Å². The molecular weight excluding hydrogens is 294 g/mol. The molecule has 2 heterocycles. The van der Waals surface area contributed by atoms with Gasteiger partial charge in [0.15, 0.2) is 0 Å². The smallest absolute Gasteiger partial charge is 0.264 e. The van der Waals surface area contributed by atoms with Crippen LogP contribution < -0.4 is 0 Å². The Morgan fingerprint density at radius 2 is 2.00 bits per heavy atom. The SMILES string of the molecule is Cc1ccc(C2CN(C(=O)c3cccs3)C(C)(C)CO2)cc1. The van der Waals surface area contributed by atoms with Crippen molar-refractivity contribution in [3.63, 3.8) is 0 Å². The minimum atomic E-state index is -0.289. The van der Waals surface area contributed by atoms with E-state index in [1.807, 2.05) is 22.4 Å². The molecular formula is C18H21NO2S. The van der Waals surface area contributed by atoms with Gasteiger partial charge in [0.2, 0.25) is 0 Å². The molecule has 1 amide bonds. The van der Waals surface area contributed by atoms with Crippen molar-refractivity contribution in [3.8, 4) is 0 Å². The number of hydrogen-bond donors (Lipinski definition) is 0. The van der Waals surface area contributed by atoms with Crippen LogP contribution in [-0.2, 0) is 4.74 Å². The summed E-state index contributed by atoms with van der Waals surface area (Å²) in [5.74, 6) is 0.0976. The van der Waals surface area contributed by atoms with E-state index in [2.05, 4.69) is 45.0 Å². The number of carbonyl (C=O) groups is 1. The van der Waals surface area contributed by atoms with E-state index in [0.29, 0.717) is 13.2 Å². The van der Waals surface area contributed by atoms with Crippen molar-refractivity contribution in [2.75, 3.05) is 13.2 Å². The highest BCUT2D eigenvalue weighted by molar-refractivity contribution is 7.12. The second kappa shape index (κ2) is 5.86. The van der Waals surface area contributed by atoms with E-state index >= 15 is 0 Å². The molecule has 1 unspecified atom stereocenters. The van der Waals surface area contributed by atoms with Gasteiger partial charge in [-0.3, -0.25) is 4.79 Å². The molecule has 2 aromatic rings. The van der Waals surface area contributed by atoms with E-state index in [1.54, 1.807) is 0 Å². The zero-order chi connectivity index (χ0) is 15.7. The average Bonchev–Trinajstić information content (AvgIpc) is 3.02. The zero-order valence-corrected chi connectivity index (χ0v) is 14.0. The molecule has 1 aliphatic rings. The summed E-state index contributed by atoms with van der Waals surface area (Å²) in [6.07, 6.45) is -0.0578. The first kappa shape index (κ1) is 15.3. The van der Waals surface area contributed by atoms with Gasteiger partial charge in [-0.15, -0.1) is 11.3 Å². The van der Waals surface area contributed by atoms with Gasteiger partial charge in [0.25, 0.3) is 5.91 Å². The monoisotopic (exact) mass is 315 g/mol. The van der Waals surface area contributed by atoms with Gasteiger partial charge in [-0.2, -0.15) is 0 Å². The summed E-state index contributed by atoms with van der Waals surface area (Å²) in [7, 11) is 0. The summed E-state index contributed by atoms with van der Waals surface area (Å²) >= 11 is 1.49. The van der Waals surface area contributed by atoms with Crippen molar-refractivity contribution in [3.05, 3.63) is 57.8 Å². The van der Waals surface area contributed by atoms with Crippen LogP contribution in [0.15, 0.2) is 41.8 Å². The Morgan fingerprint density at radius 3 is 2.64 bits per heavy atom. The third kappa shape index (κ3) is 2.94. The van der Waals surface area contributed by atoms with E-state index < -0.39 is 0 Å². The van der Waals surface area contributed by atoms with Crippen molar-refractivity contribution >= 4 is 17.2 Å². The van der Waals surface area contributed by atoms with Crippen molar-refractivity contribution in [2.45, 2.75) is 32.4 Å². The Labute approximate surface area is 135 Å². The van der Waals surface area contributed by atoms with Crippen LogP contribution in [0.5, 0.6) is 0 Å².